The normalized spacial score (nSPS) is 15.2. The molecule has 2 unspecified atom stereocenters. The van der Waals surface area contributed by atoms with Gasteiger partial charge in [-0.25, -0.2) is 0 Å². The Morgan fingerprint density at radius 1 is 1.65 bits per heavy atom. The number of carboxylic acids is 1. The zero-order chi connectivity index (χ0) is 15.5. The minimum absolute atomic E-state index is 0.0651. The highest BCUT2D eigenvalue weighted by Gasteiger charge is 2.31. The van der Waals surface area contributed by atoms with Gasteiger partial charge < -0.3 is 15.6 Å². The van der Waals surface area contributed by atoms with E-state index in [1.807, 2.05) is 0 Å². The van der Waals surface area contributed by atoms with Crippen LogP contribution in [0.25, 0.3) is 0 Å². The van der Waals surface area contributed by atoms with Crippen LogP contribution in [-0.4, -0.2) is 27.6 Å². The Morgan fingerprint density at radius 3 is 2.70 bits per heavy atom. The van der Waals surface area contributed by atoms with E-state index < -0.39 is 22.5 Å². The number of ether oxygens (including phenoxy) is 1. The quantitative estimate of drug-likeness (QED) is 0.614. The topological polar surface area (TPSA) is 116 Å². The van der Waals surface area contributed by atoms with E-state index in [1.165, 1.54) is 25.1 Å². The van der Waals surface area contributed by atoms with Crippen molar-refractivity contribution in [3.63, 3.8) is 0 Å². The number of nitrogens with two attached hydrogens (primary N) is 1. The SMILES string of the molecule is CC(CC(C)(N)C(=O)O)Oc1ccc([N+](=O)[O-])cc1Cl. The van der Waals surface area contributed by atoms with Gasteiger partial charge in [-0.1, -0.05) is 11.6 Å². The van der Waals surface area contributed by atoms with Crippen LogP contribution in [-0.2, 0) is 4.79 Å². The summed E-state index contributed by atoms with van der Waals surface area (Å²) >= 11 is 5.87. The number of carboxylic acid groups (broad SMARTS) is 1. The molecule has 110 valence electrons. The number of hydrogen-bond acceptors (Lipinski definition) is 5. The van der Waals surface area contributed by atoms with Gasteiger partial charge in [0.15, 0.2) is 0 Å². The van der Waals surface area contributed by atoms with E-state index in [0.29, 0.717) is 0 Å². The highest BCUT2D eigenvalue weighted by Crippen LogP contribution is 2.30. The molecule has 1 aromatic rings. The molecule has 0 bridgehead atoms. The van der Waals surface area contributed by atoms with Crippen LogP contribution in [0.4, 0.5) is 5.69 Å². The number of halogens is 1. The van der Waals surface area contributed by atoms with Crippen molar-refractivity contribution in [2.75, 3.05) is 0 Å². The van der Waals surface area contributed by atoms with E-state index >= 15 is 0 Å². The minimum Gasteiger partial charge on any atom is -0.489 e. The molecular formula is C12H15ClN2O5. The zero-order valence-corrected chi connectivity index (χ0v) is 11.8. The molecule has 2 atom stereocenters. The van der Waals surface area contributed by atoms with Gasteiger partial charge in [0.05, 0.1) is 16.0 Å². The van der Waals surface area contributed by atoms with Crippen LogP contribution in [0.2, 0.25) is 5.02 Å². The monoisotopic (exact) mass is 302 g/mol. The third-order valence-corrected chi connectivity index (χ3v) is 2.95. The molecule has 8 heteroatoms. The Kier molecular flexibility index (Phi) is 4.91. The fourth-order valence-electron chi connectivity index (χ4n) is 1.64. The van der Waals surface area contributed by atoms with Gasteiger partial charge >= 0.3 is 5.97 Å². The van der Waals surface area contributed by atoms with Gasteiger partial charge in [-0.15, -0.1) is 0 Å². The lowest BCUT2D eigenvalue weighted by Crippen LogP contribution is -2.47. The van der Waals surface area contributed by atoms with Crippen LogP contribution in [0, 0.1) is 10.1 Å². The van der Waals surface area contributed by atoms with Crippen molar-refractivity contribution in [3.8, 4) is 5.75 Å². The van der Waals surface area contributed by atoms with E-state index in [1.54, 1.807) is 6.92 Å². The van der Waals surface area contributed by atoms with Gasteiger partial charge in [-0.3, -0.25) is 14.9 Å². The number of nitro groups is 1. The lowest BCUT2D eigenvalue weighted by atomic mass is 9.96. The van der Waals surface area contributed by atoms with Crippen LogP contribution in [0.3, 0.4) is 0 Å². The molecule has 0 aliphatic heterocycles. The van der Waals surface area contributed by atoms with Gasteiger partial charge in [-0.2, -0.15) is 0 Å². The molecular weight excluding hydrogens is 288 g/mol. The summed E-state index contributed by atoms with van der Waals surface area (Å²) in [6, 6.07) is 3.79. The fourth-order valence-corrected chi connectivity index (χ4v) is 1.86. The maximum atomic E-state index is 10.9. The Hall–Kier alpha value is -1.86. The van der Waals surface area contributed by atoms with Gasteiger partial charge in [0.1, 0.15) is 11.3 Å². The molecule has 3 N–H and O–H groups in total. The molecule has 0 fully saturated rings. The molecule has 0 amide bonds. The third kappa shape index (κ3) is 4.07. The molecule has 20 heavy (non-hydrogen) atoms. The molecule has 1 rings (SSSR count). The van der Waals surface area contributed by atoms with E-state index in [9.17, 15) is 14.9 Å². The van der Waals surface area contributed by atoms with E-state index in [2.05, 4.69) is 0 Å². The first-order chi connectivity index (χ1) is 9.13. The number of rotatable bonds is 6. The average molecular weight is 303 g/mol. The molecule has 0 saturated carbocycles. The molecule has 0 heterocycles. The van der Waals surface area contributed by atoms with E-state index in [4.69, 9.17) is 27.2 Å². The second kappa shape index (κ2) is 6.06. The van der Waals surface area contributed by atoms with Crippen LogP contribution >= 0.6 is 11.6 Å². The first-order valence-electron chi connectivity index (χ1n) is 5.76. The van der Waals surface area contributed by atoms with E-state index in [-0.39, 0.29) is 22.9 Å². The molecule has 0 aromatic heterocycles. The number of nitrogens with zero attached hydrogens (tertiary/aromatic N) is 1. The highest BCUT2D eigenvalue weighted by atomic mass is 35.5. The van der Waals surface area contributed by atoms with Gasteiger partial charge in [0, 0.05) is 18.6 Å². The summed E-state index contributed by atoms with van der Waals surface area (Å²) in [5.74, 6) is -0.895. The Bertz CT molecular complexity index is 533. The summed E-state index contributed by atoms with van der Waals surface area (Å²) in [6.45, 7) is 3.03. The molecule has 1 aromatic carbocycles. The predicted octanol–water partition coefficient (Wildman–Crippen LogP) is 2.21. The number of hydrogen-bond donors (Lipinski definition) is 2. The number of carbonyl (C=O) groups is 1. The lowest BCUT2D eigenvalue weighted by Gasteiger charge is -2.24. The lowest BCUT2D eigenvalue weighted by molar-refractivity contribution is -0.384. The molecule has 0 saturated heterocycles. The standard InChI is InChI=1S/C12H15ClN2O5/c1-7(6-12(2,14)11(16)17)20-10-4-3-8(15(18)19)5-9(10)13/h3-5,7H,6,14H2,1-2H3,(H,16,17). The third-order valence-electron chi connectivity index (χ3n) is 2.65. The van der Waals surface area contributed by atoms with Crippen LogP contribution < -0.4 is 10.5 Å². The zero-order valence-electron chi connectivity index (χ0n) is 11.0. The van der Waals surface area contributed by atoms with Crippen molar-refractivity contribution in [2.24, 2.45) is 5.73 Å². The van der Waals surface area contributed by atoms with Crippen LogP contribution in [0.15, 0.2) is 18.2 Å². The van der Waals surface area contributed by atoms with Crippen molar-refractivity contribution in [1.82, 2.24) is 0 Å². The second-order valence-corrected chi connectivity index (χ2v) is 5.13. The smallest absolute Gasteiger partial charge is 0.323 e. The van der Waals surface area contributed by atoms with Gasteiger partial charge in [0.25, 0.3) is 5.69 Å². The molecule has 0 aliphatic carbocycles. The van der Waals surface area contributed by atoms with E-state index in [0.717, 1.165) is 0 Å². The van der Waals surface area contributed by atoms with Crippen molar-refractivity contribution in [1.29, 1.82) is 0 Å². The largest absolute Gasteiger partial charge is 0.489 e. The summed E-state index contributed by atoms with van der Waals surface area (Å²) in [4.78, 5) is 20.9. The van der Waals surface area contributed by atoms with Gasteiger partial charge in [-0.05, 0) is 19.9 Å². The molecule has 0 spiro atoms. The predicted molar refractivity (Wildman–Crippen MR) is 73.0 cm³/mol. The van der Waals surface area contributed by atoms with Crippen molar-refractivity contribution < 1.29 is 19.6 Å². The van der Waals surface area contributed by atoms with Crippen LogP contribution in [0.1, 0.15) is 20.3 Å². The fraction of sp³-hybridized carbons (Fsp3) is 0.417. The molecule has 0 aliphatic rings. The van der Waals surface area contributed by atoms with Crippen molar-refractivity contribution in [2.45, 2.75) is 31.9 Å². The van der Waals surface area contributed by atoms with Crippen molar-refractivity contribution >= 4 is 23.3 Å². The number of benzene rings is 1. The Balaban J connectivity index is 2.79. The first kappa shape index (κ1) is 16.2. The summed E-state index contributed by atoms with van der Waals surface area (Å²) in [7, 11) is 0. The summed E-state index contributed by atoms with van der Waals surface area (Å²) in [6.07, 6.45) is -0.449. The number of nitro benzene ring substituents is 1. The summed E-state index contributed by atoms with van der Waals surface area (Å²) in [5.41, 5.74) is 4.04. The Labute approximate surface area is 120 Å². The van der Waals surface area contributed by atoms with Crippen LogP contribution in [0.5, 0.6) is 5.75 Å². The second-order valence-electron chi connectivity index (χ2n) is 4.73. The average Bonchev–Trinajstić information content (AvgIpc) is 2.30. The van der Waals surface area contributed by atoms with Gasteiger partial charge in [0.2, 0.25) is 0 Å². The summed E-state index contributed by atoms with van der Waals surface area (Å²) in [5, 5.41) is 19.6. The highest BCUT2D eigenvalue weighted by molar-refractivity contribution is 6.32. The minimum atomic E-state index is -1.42. The Morgan fingerprint density at radius 2 is 2.25 bits per heavy atom. The maximum absolute atomic E-state index is 10.9. The first-order valence-corrected chi connectivity index (χ1v) is 6.14. The summed E-state index contributed by atoms with van der Waals surface area (Å²) < 4.78 is 5.47. The molecule has 7 nitrogen and oxygen atoms in total. The number of aliphatic carboxylic acids is 1. The van der Waals surface area contributed by atoms with Crippen molar-refractivity contribution in [3.05, 3.63) is 33.3 Å². The molecule has 0 radical (unpaired) electrons. The number of non-ortho nitro benzene ring substituents is 1. The maximum Gasteiger partial charge on any atom is 0.323 e.